The van der Waals surface area contributed by atoms with Crippen molar-refractivity contribution in [2.45, 2.75) is 27.2 Å². The number of thiophene rings is 1. The van der Waals surface area contributed by atoms with Gasteiger partial charge in [-0.1, -0.05) is 0 Å². The van der Waals surface area contributed by atoms with Crippen LogP contribution < -0.4 is 0 Å². The van der Waals surface area contributed by atoms with Crippen LogP contribution >= 0.6 is 11.3 Å². The van der Waals surface area contributed by atoms with E-state index in [4.69, 9.17) is 0 Å². The lowest BCUT2D eigenvalue weighted by Gasteiger charge is -1.95. The molecule has 0 atom stereocenters. The van der Waals surface area contributed by atoms with Crippen LogP contribution in [0.15, 0.2) is 6.07 Å². The molecule has 1 rings (SSSR count). The zero-order chi connectivity index (χ0) is 10.0. The van der Waals surface area contributed by atoms with Crippen LogP contribution in [0.25, 0.3) is 0 Å². The molecule has 3 heteroatoms. The predicted molar refractivity (Wildman–Crippen MR) is 53.4 cm³/mol. The Labute approximate surface area is 81.6 Å². The summed E-state index contributed by atoms with van der Waals surface area (Å²) in [4.78, 5) is 24.3. The minimum Gasteiger partial charge on any atom is -0.300 e. The third kappa shape index (κ3) is 2.49. The van der Waals surface area contributed by atoms with Gasteiger partial charge in [0.05, 0.1) is 6.42 Å². The van der Waals surface area contributed by atoms with Gasteiger partial charge in [-0.25, -0.2) is 0 Å². The molecule has 0 saturated carbocycles. The van der Waals surface area contributed by atoms with E-state index >= 15 is 0 Å². The first-order valence-corrected chi connectivity index (χ1v) is 4.92. The topological polar surface area (TPSA) is 34.1 Å². The molecule has 2 nitrogen and oxygen atoms in total. The van der Waals surface area contributed by atoms with Gasteiger partial charge in [0, 0.05) is 15.3 Å². The summed E-state index contributed by atoms with van der Waals surface area (Å²) < 4.78 is 0. The van der Waals surface area contributed by atoms with Gasteiger partial charge >= 0.3 is 0 Å². The van der Waals surface area contributed by atoms with Gasteiger partial charge in [0.1, 0.15) is 5.78 Å². The third-order valence-corrected chi connectivity index (χ3v) is 2.72. The van der Waals surface area contributed by atoms with Crippen molar-refractivity contribution in [3.8, 4) is 0 Å². The van der Waals surface area contributed by atoms with Crippen LogP contribution in [0, 0.1) is 13.8 Å². The van der Waals surface area contributed by atoms with Crippen molar-refractivity contribution in [3.05, 3.63) is 21.4 Å². The molecule has 0 fully saturated rings. The zero-order valence-corrected chi connectivity index (χ0v) is 8.83. The molecule has 0 aliphatic carbocycles. The zero-order valence-electron chi connectivity index (χ0n) is 8.01. The first-order chi connectivity index (χ1) is 6.00. The Kier molecular flexibility index (Phi) is 2.98. The number of Topliss-reactive ketones (excluding diaryl/α,β-unsaturated/α-hetero) is 2. The van der Waals surface area contributed by atoms with E-state index in [2.05, 4.69) is 0 Å². The lowest BCUT2D eigenvalue weighted by Crippen LogP contribution is -2.04. The first kappa shape index (κ1) is 10.1. The second-order valence-corrected chi connectivity index (χ2v) is 4.59. The van der Waals surface area contributed by atoms with Crippen molar-refractivity contribution in [1.82, 2.24) is 0 Å². The van der Waals surface area contributed by atoms with Crippen LogP contribution in [-0.4, -0.2) is 11.6 Å². The fraction of sp³-hybridized carbons (Fsp3) is 0.400. The van der Waals surface area contributed by atoms with Gasteiger partial charge < -0.3 is 0 Å². The molecule has 1 aromatic heterocycles. The summed E-state index contributed by atoms with van der Waals surface area (Å²) in [6, 6.07) is 1.85. The van der Waals surface area contributed by atoms with E-state index in [1.165, 1.54) is 6.92 Å². The van der Waals surface area contributed by atoms with Crippen molar-refractivity contribution in [3.63, 3.8) is 0 Å². The number of carbonyl (C=O) groups excluding carboxylic acids is 2. The van der Waals surface area contributed by atoms with Crippen LogP contribution in [0.5, 0.6) is 0 Å². The minimum absolute atomic E-state index is 0.0248. The highest BCUT2D eigenvalue weighted by Crippen LogP contribution is 2.21. The quantitative estimate of drug-likeness (QED) is 0.550. The van der Waals surface area contributed by atoms with Crippen molar-refractivity contribution >= 4 is 22.9 Å². The highest BCUT2D eigenvalue weighted by molar-refractivity contribution is 7.12. The molecule has 0 amide bonds. The average molecular weight is 196 g/mol. The van der Waals surface area contributed by atoms with Crippen molar-refractivity contribution in [2.24, 2.45) is 0 Å². The number of hydrogen-bond acceptors (Lipinski definition) is 3. The molecule has 1 heterocycles. The largest absolute Gasteiger partial charge is 0.300 e. The molecule has 0 aliphatic heterocycles. The van der Waals surface area contributed by atoms with Gasteiger partial charge in [0.2, 0.25) is 0 Å². The van der Waals surface area contributed by atoms with Crippen molar-refractivity contribution in [2.75, 3.05) is 0 Å². The van der Waals surface area contributed by atoms with Gasteiger partial charge in [-0.15, -0.1) is 11.3 Å². The number of rotatable bonds is 3. The monoisotopic (exact) mass is 196 g/mol. The van der Waals surface area contributed by atoms with Crippen LogP contribution in [0.4, 0.5) is 0 Å². The second-order valence-electron chi connectivity index (χ2n) is 3.13. The van der Waals surface area contributed by atoms with Crippen LogP contribution in [0.1, 0.15) is 33.5 Å². The summed E-state index contributed by atoms with van der Waals surface area (Å²) in [7, 11) is 0. The summed E-state index contributed by atoms with van der Waals surface area (Å²) in [5, 5.41) is 0. The Morgan fingerprint density at radius 1 is 1.38 bits per heavy atom. The highest BCUT2D eigenvalue weighted by atomic mass is 32.1. The molecule has 13 heavy (non-hydrogen) atoms. The van der Waals surface area contributed by atoms with E-state index in [9.17, 15) is 9.59 Å². The smallest absolute Gasteiger partial charge is 0.171 e. The van der Waals surface area contributed by atoms with Crippen LogP contribution in [0.3, 0.4) is 0 Å². The molecular formula is C10H12O2S. The SMILES string of the molecule is CC(=O)CC(=O)c1cc(C)sc1C. The van der Waals surface area contributed by atoms with E-state index in [0.717, 1.165) is 9.75 Å². The molecule has 70 valence electrons. The number of hydrogen-bond donors (Lipinski definition) is 0. The fourth-order valence-corrected chi connectivity index (χ4v) is 2.17. The van der Waals surface area contributed by atoms with Gasteiger partial charge in [-0.3, -0.25) is 9.59 Å². The fourth-order valence-electron chi connectivity index (χ4n) is 1.23. The Balaban J connectivity index is 2.88. The number of carbonyl (C=O) groups is 2. The van der Waals surface area contributed by atoms with Crippen molar-refractivity contribution in [1.29, 1.82) is 0 Å². The van der Waals surface area contributed by atoms with Crippen molar-refractivity contribution < 1.29 is 9.59 Å². The maximum atomic E-state index is 11.5. The molecule has 0 unspecified atom stereocenters. The van der Waals surface area contributed by atoms with E-state index in [0.29, 0.717) is 5.56 Å². The molecule has 0 saturated heterocycles. The molecule has 0 N–H and O–H groups in total. The number of ketones is 2. The van der Waals surface area contributed by atoms with Gasteiger partial charge in [0.25, 0.3) is 0 Å². The Bertz CT molecular complexity index is 350. The Morgan fingerprint density at radius 2 is 2.00 bits per heavy atom. The van der Waals surface area contributed by atoms with E-state index in [1.807, 2.05) is 19.9 Å². The summed E-state index contributed by atoms with van der Waals surface area (Å²) >= 11 is 1.59. The highest BCUT2D eigenvalue weighted by Gasteiger charge is 2.13. The average Bonchev–Trinajstić information content (AvgIpc) is 2.28. The molecule has 0 bridgehead atoms. The molecular weight excluding hydrogens is 184 g/mol. The number of aryl methyl sites for hydroxylation is 2. The maximum absolute atomic E-state index is 11.5. The lowest BCUT2D eigenvalue weighted by atomic mass is 10.1. The predicted octanol–water partition coefficient (Wildman–Crippen LogP) is 2.53. The summed E-state index contributed by atoms with van der Waals surface area (Å²) in [5.74, 6) is -0.136. The van der Waals surface area contributed by atoms with Crippen LogP contribution in [-0.2, 0) is 4.79 Å². The first-order valence-electron chi connectivity index (χ1n) is 4.10. The molecule has 0 spiro atoms. The molecule has 1 aromatic rings. The summed E-state index contributed by atoms with van der Waals surface area (Å²) in [6.07, 6.45) is 0.0248. The Hall–Kier alpha value is -0.960. The van der Waals surface area contributed by atoms with Crippen LogP contribution in [0.2, 0.25) is 0 Å². The maximum Gasteiger partial charge on any atom is 0.171 e. The van der Waals surface area contributed by atoms with Gasteiger partial charge in [-0.05, 0) is 26.8 Å². The Morgan fingerprint density at radius 3 is 2.38 bits per heavy atom. The summed E-state index contributed by atoms with van der Waals surface area (Å²) in [6.45, 7) is 5.31. The normalized spacial score (nSPS) is 10.1. The standard InChI is InChI=1S/C10H12O2S/c1-6(11)4-10(12)9-5-7(2)13-8(9)3/h5H,4H2,1-3H3. The lowest BCUT2D eigenvalue weighted by molar-refractivity contribution is -0.116. The van der Waals surface area contributed by atoms with E-state index in [1.54, 1.807) is 11.3 Å². The molecule has 0 aromatic carbocycles. The molecule has 0 aliphatic rings. The van der Waals surface area contributed by atoms with Gasteiger partial charge in [0.15, 0.2) is 5.78 Å². The van der Waals surface area contributed by atoms with E-state index in [-0.39, 0.29) is 18.0 Å². The third-order valence-electron chi connectivity index (χ3n) is 1.75. The molecule has 0 radical (unpaired) electrons. The van der Waals surface area contributed by atoms with E-state index < -0.39 is 0 Å². The second kappa shape index (κ2) is 3.83. The summed E-state index contributed by atoms with van der Waals surface area (Å²) in [5.41, 5.74) is 0.706. The van der Waals surface area contributed by atoms with Gasteiger partial charge in [-0.2, -0.15) is 0 Å². The minimum atomic E-state index is -0.0757.